The number of fused-ring (bicyclic) bond motifs is 1. The van der Waals surface area contributed by atoms with E-state index in [1.807, 2.05) is 55.5 Å². The Hall–Kier alpha value is -2.09. The van der Waals surface area contributed by atoms with Gasteiger partial charge >= 0.3 is 0 Å². The molecule has 1 nitrogen and oxygen atoms in total. The van der Waals surface area contributed by atoms with Crippen molar-refractivity contribution in [3.05, 3.63) is 71.2 Å². The summed E-state index contributed by atoms with van der Waals surface area (Å²) in [4.78, 5) is 3.15. The summed E-state index contributed by atoms with van der Waals surface area (Å²) in [5.74, 6) is -0.110. The lowest BCUT2D eigenvalue weighted by atomic mass is 10.0. The van der Waals surface area contributed by atoms with E-state index in [4.69, 9.17) is 0 Å². The fraction of sp³-hybridized carbons (Fsp3) is 0.125. The van der Waals surface area contributed by atoms with Gasteiger partial charge in [-0.05, 0) is 30.2 Å². The molecule has 0 bridgehead atoms. The first-order chi connectivity index (χ1) is 8.74. The SMILES string of the molecule is Cc1cc2c(F)c(Cc3ccccc3)ccc2[nH]1. The largest absolute Gasteiger partial charge is 0.359 e. The maximum Gasteiger partial charge on any atom is 0.136 e. The van der Waals surface area contributed by atoms with Gasteiger partial charge in [-0.2, -0.15) is 0 Å². The van der Waals surface area contributed by atoms with Crippen LogP contribution in [0.25, 0.3) is 10.9 Å². The van der Waals surface area contributed by atoms with E-state index >= 15 is 0 Å². The second kappa shape index (κ2) is 4.30. The number of halogens is 1. The molecule has 1 heterocycles. The smallest absolute Gasteiger partial charge is 0.136 e. The Bertz CT molecular complexity index is 683. The molecule has 90 valence electrons. The number of aryl methyl sites for hydroxylation is 1. The van der Waals surface area contributed by atoms with Gasteiger partial charge in [0.15, 0.2) is 0 Å². The van der Waals surface area contributed by atoms with E-state index in [9.17, 15) is 4.39 Å². The molecule has 0 aliphatic rings. The molecular formula is C16H14FN. The van der Waals surface area contributed by atoms with Crippen LogP contribution in [0, 0.1) is 12.7 Å². The van der Waals surface area contributed by atoms with Crippen LogP contribution in [0.15, 0.2) is 48.5 Å². The van der Waals surface area contributed by atoms with Crippen molar-refractivity contribution >= 4 is 10.9 Å². The van der Waals surface area contributed by atoms with E-state index in [2.05, 4.69) is 4.98 Å². The van der Waals surface area contributed by atoms with Crippen LogP contribution in [0.5, 0.6) is 0 Å². The molecule has 2 aromatic carbocycles. The minimum atomic E-state index is -0.110. The van der Waals surface area contributed by atoms with Crippen molar-refractivity contribution in [1.82, 2.24) is 4.98 Å². The van der Waals surface area contributed by atoms with Crippen molar-refractivity contribution in [1.29, 1.82) is 0 Å². The number of benzene rings is 2. The molecule has 18 heavy (non-hydrogen) atoms. The van der Waals surface area contributed by atoms with Gasteiger partial charge in [-0.3, -0.25) is 0 Å². The Morgan fingerprint density at radius 3 is 2.61 bits per heavy atom. The van der Waals surface area contributed by atoms with E-state index in [0.717, 1.165) is 22.3 Å². The molecule has 3 aromatic rings. The summed E-state index contributed by atoms with van der Waals surface area (Å²) in [7, 11) is 0. The average molecular weight is 239 g/mol. The van der Waals surface area contributed by atoms with Gasteiger partial charge in [0.1, 0.15) is 5.82 Å². The number of hydrogen-bond acceptors (Lipinski definition) is 0. The highest BCUT2D eigenvalue weighted by Gasteiger charge is 2.09. The normalized spacial score (nSPS) is 11.0. The zero-order valence-corrected chi connectivity index (χ0v) is 10.2. The fourth-order valence-corrected chi connectivity index (χ4v) is 2.31. The first kappa shape index (κ1) is 11.0. The van der Waals surface area contributed by atoms with Gasteiger partial charge in [-0.25, -0.2) is 4.39 Å². The number of rotatable bonds is 2. The molecule has 0 aliphatic carbocycles. The van der Waals surface area contributed by atoms with Gasteiger partial charge in [0.2, 0.25) is 0 Å². The van der Waals surface area contributed by atoms with Crippen LogP contribution in [-0.2, 0) is 6.42 Å². The van der Waals surface area contributed by atoms with Gasteiger partial charge in [0, 0.05) is 23.0 Å². The molecule has 0 amide bonds. The van der Waals surface area contributed by atoms with E-state index in [1.165, 1.54) is 0 Å². The van der Waals surface area contributed by atoms with Crippen molar-refractivity contribution in [2.24, 2.45) is 0 Å². The third kappa shape index (κ3) is 1.90. The molecule has 0 unspecified atom stereocenters. The zero-order valence-electron chi connectivity index (χ0n) is 10.2. The lowest BCUT2D eigenvalue weighted by Gasteiger charge is -2.04. The van der Waals surface area contributed by atoms with Crippen LogP contribution in [0.4, 0.5) is 4.39 Å². The molecule has 0 atom stereocenters. The second-order valence-corrected chi connectivity index (χ2v) is 4.61. The van der Waals surface area contributed by atoms with E-state index < -0.39 is 0 Å². The zero-order chi connectivity index (χ0) is 12.5. The Morgan fingerprint density at radius 2 is 1.83 bits per heavy atom. The molecular weight excluding hydrogens is 225 g/mol. The first-order valence-corrected chi connectivity index (χ1v) is 6.04. The highest BCUT2D eigenvalue weighted by Crippen LogP contribution is 2.23. The Morgan fingerprint density at radius 1 is 1.06 bits per heavy atom. The van der Waals surface area contributed by atoms with Gasteiger partial charge in [0.05, 0.1) is 0 Å². The minimum Gasteiger partial charge on any atom is -0.359 e. The second-order valence-electron chi connectivity index (χ2n) is 4.61. The van der Waals surface area contributed by atoms with Gasteiger partial charge < -0.3 is 4.98 Å². The molecule has 0 spiro atoms. The molecule has 0 fully saturated rings. The molecule has 0 radical (unpaired) electrons. The Labute approximate surface area is 105 Å². The summed E-state index contributed by atoms with van der Waals surface area (Å²) >= 11 is 0. The van der Waals surface area contributed by atoms with Crippen LogP contribution in [0.3, 0.4) is 0 Å². The summed E-state index contributed by atoms with van der Waals surface area (Å²) < 4.78 is 14.3. The van der Waals surface area contributed by atoms with Crippen LogP contribution in [0.1, 0.15) is 16.8 Å². The summed E-state index contributed by atoms with van der Waals surface area (Å²) in [6.07, 6.45) is 0.632. The van der Waals surface area contributed by atoms with Crippen LogP contribution in [-0.4, -0.2) is 4.98 Å². The number of H-pyrrole nitrogens is 1. The van der Waals surface area contributed by atoms with E-state index in [-0.39, 0.29) is 5.82 Å². The number of nitrogens with one attached hydrogen (secondary N) is 1. The monoisotopic (exact) mass is 239 g/mol. The van der Waals surface area contributed by atoms with Crippen molar-refractivity contribution in [3.8, 4) is 0 Å². The van der Waals surface area contributed by atoms with Crippen molar-refractivity contribution in [2.75, 3.05) is 0 Å². The molecule has 3 rings (SSSR count). The first-order valence-electron chi connectivity index (χ1n) is 6.04. The van der Waals surface area contributed by atoms with E-state index in [1.54, 1.807) is 0 Å². The Kier molecular flexibility index (Phi) is 2.63. The number of aromatic amines is 1. The molecule has 1 N–H and O–H groups in total. The number of aromatic nitrogens is 1. The highest BCUT2D eigenvalue weighted by atomic mass is 19.1. The predicted octanol–water partition coefficient (Wildman–Crippen LogP) is 4.21. The molecule has 0 saturated heterocycles. The van der Waals surface area contributed by atoms with E-state index in [0.29, 0.717) is 11.8 Å². The summed E-state index contributed by atoms with van der Waals surface area (Å²) in [6.45, 7) is 1.94. The van der Waals surface area contributed by atoms with Gasteiger partial charge in [-0.1, -0.05) is 36.4 Å². The lowest BCUT2D eigenvalue weighted by Crippen LogP contribution is -1.92. The predicted molar refractivity (Wildman–Crippen MR) is 72.2 cm³/mol. The molecule has 0 saturated carbocycles. The maximum absolute atomic E-state index is 14.3. The van der Waals surface area contributed by atoms with Crippen molar-refractivity contribution in [2.45, 2.75) is 13.3 Å². The topological polar surface area (TPSA) is 15.8 Å². The van der Waals surface area contributed by atoms with Gasteiger partial charge in [-0.15, -0.1) is 0 Å². The average Bonchev–Trinajstić information content (AvgIpc) is 2.76. The fourth-order valence-electron chi connectivity index (χ4n) is 2.31. The van der Waals surface area contributed by atoms with Crippen LogP contribution in [0.2, 0.25) is 0 Å². The Balaban J connectivity index is 2.05. The van der Waals surface area contributed by atoms with Crippen LogP contribution < -0.4 is 0 Å². The standard InChI is InChI=1S/C16H14FN/c1-11-9-14-15(18-11)8-7-13(16(14)17)10-12-5-3-2-4-6-12/h2-9,18H,10H2,1H3. The molecule has 1 aromatic heterocycles. The third-order valence-electron chi connectivity index (χ3n) is 3.19. The van der Waals surface area contributed by atoms with Crippen LogP contribution >= 0.6 is 0 Å². The third-order valence-corrected chi connectivity index (χ3v) is 3.19. The van der Waals surface area contributed by atoms with Gasteiger partial charge in [0.25, 0.3) is 0 Å². The summed E-state index contributed by atoms with van der Waals surface area (Å²) in [5, 5.41) is 0.681. The molecule has 2 heteroatoms. The number of hydrogen-bond donors (Lipinski definition) is 1. The highest BCUT2D eigenvalue weighted by molar-refractivity contribution is 5.82. The summed E-state index contributed by atoms with van der Waals surface area (Å²) in [6, 6.07) is 15.6. The lowest BCUT2D eigenvalue weighted by molar-refractivity contribution is 0.626. The van der Waals surface area contributed by atoms with Crippen molar-refractivity contribution in [3.63, 3.8) is 0 Å². The molecule has 0 aliphatic heterocycles. The summed E-state index contributed by atoms with van der Waals surface area (Å²) in [5.41, 5.74) is 3.72. The maximum atomic E-state index is 14.3. The minimum absolute atomic E-state index is 0.110. The van der Waals surface area contributed by atoms with Crippen molar-refractivity contribution < 1.29 is 4.39 Å². The quantitative estimate of drug-likeness (QED) is 0.689.